The minimum atomic E-state index is -0.329. The standard InChI is InChI=1S/C12H18N2O2S/c1-9(8-17-3)13-7-11-5-4-6-12(10(11)2)14(15)16/h4-6,9,13H,7-8H2,1-3H3. The van der Waals surface area contributed by atoms with Crippen molar-refractivity contribution in [1.82, 2.24) is 5.32 Å². The lowest BCUT2D eigenvalue weighted by atomic mass is 10.1. The van der Waals surface area contributed by atoms with E-state index in [1.54, 1.807) is 30.8 Å². The zero-order valence-electron chi connectivity index (χ0n) is 10.4. The fraction of sp³-hybridized carbons (Fsp3) is 0.500. The van der Waals surface area contributed by atoms with E-state index in [2.05, 4.69) is 18.5 Å². The van der Waals surface area contributed by atoms with Crippen molar-refractivity contribution in [3.63, 3.8) is 0 Å². The molecule has 5 heteroatoms. The van der Waals surface area contributed by atoms with Gasteiger partial charge < -0.3 is 5.32 Å². The van der Waals surface area contributed by atoms with Gasteiger partial charge in [0.15, 0.2) is 0 Å². The maximum Gasteiger partial charge on any atom is 0.272 e. The Labute approximate surface area is 106 Å². The van der Waals surface area contributed by atoms with Crippen molar-refractivity contribution in [2.45, 2.75) is 26.4 Å². The molecule has 17 heavy (non-hydrogen) atoms. The summed E-state index contributed by atoms with van der Waals surface area (Å²) in [5.41, 5.74) is 1.94. The van der Waals surface area contributed by atoms with Gasteiger partial charge in [0.1, 0.15) is 0 Å². The van der Waals surface area contributed by atoms with Crippen LogP contribution >= 0.6 is 11.8 Å². The highest BCUT2D eigenvalue weighted by molar-refractivity contribution is 7.98. The average Bonchev–Trinajstić information content (AvgIpc) is 2.27. The van der Waals surface area contributed by atoms with E-state index in [1.807, 2.05) is 6.07 Å². The molecule has 0 aliphatic heterocycles. The molecule has 0 spiro atoms. The van der Waals surface area contributed by atoms with Crippen LogP contribution in [0.25, 0.3) is 0 Å². The predicted octanol–water partition coefficient (Wildman–Crippen LogP) is 2.74. The average molecular weight is 254 g/mol. The second-order valence-corrected chi connectivity index (χ2v) is 4.97. The van der Waals surface area contributed by atoms with E-state index in [1.165, 1.54) is 0 Å². The first-order chi connectivity index (χ1) is 8.06. The third-order valence-corrected chi connectivity index (χ3v) is 3.51. The van der Waals surface area contributed by atoms with Crippen LogP contribution in [-0.2, 0) is 6.54 Å². The number of nitrogens with one attached hydrogen (secondary N) is 1. The third-order valence-electron chi connectivity index (χ3n) is 2.67. The number of benzene rings is 1. The van der Waals surface area contributed by atoms with Crippen molar-refractivity contribution >= 4 is 17.4 Å². The van der Waals surface area contributed by atoms with Gasteiger partial charge in [0.25, 0.3) is 5.69 Å². The summed E-state index contributed by atoms with van der Waals surface area (Å²) in [6.45, 7) is 4.59. The molecule has 1 N–H and O–H groups in total. The van der Waals surface area contributed by atoms with E-state index in [0.29, 0.717) is 12.6 Å². The van der Waals surface area contributed by atoms with Crippen LogP contribution in [0.4, 0.5) is 5.69 Å². The Bertz CT molecular complexity index is 396. The highest BCUT2D eigenvalue weighted by Gasteiger charge is 2.13. The highest BCUT2D eigenvalue weighted by Crippen LogP contribution is 2.20. The number of hydrogen-bond donors (Lipinski definition) is 1. The molecule has 0 aliphatic carbocycles. The molecule has 0 aromatic heterocycles. The second kappa shape index (κ2) is 6.61. The predicted molar refractivity (Wildman–Crippen MR) is 72.5 cm³/mol. The Morgan fingerprint density at radius 2 is 2.24 bits per heavy atom. The summed E-state index contributed by atoms with van der Waals surface area (Å²) < 4.78 is 0. The van der Waals surface area contributed by atoms with Crippen LogP contribution in [0.2, 0.25) is 0 Å². The van der Waals surface area contributed by atoms with E-state index in [9.17, 15) is 10.1 Å². The molecule has 0 bridgehead atoms. The molecule has 1 atom stereocenters. The Hall–Kier alpha value is -1.07. The molecule has 0 saturated carbocycles. The van der Waals surface area contributed by atoms with Gasteiger partial charge in [0, 0.05) is 30.0 Å². The first-order valence-electron chi connectivity index (χ1n) is 5.51. The van der Waals surface area contributed by atoms with E-state index < -0.39 is 0 Å². The van der Waals surface area contributed by atoms with Crippen LogP contribution in [0, 0.1) is 17.0 Å². The number of nitro benzene ring substituents is 1. The molecular formula is C12H18N2O2S. The van der Waals surface area contributed by atoms with Crippen LogP contribution in [0.1, 0.15) is 18.1 Å². The molecule has 94 valence electrons. The van der Waals surface area contributed by atoms with Crippen molar-refractivity contribution in [3.05, 3.63) is 39.4 Å². The maximum absolute atomic E-state index is 10.8. The molecule has 0 aliphatic rings. The summed E-state index contributed by atoms with van der Waals surface area (Å²) >= 11 is 1.79. The zero-order valence-corrected chi connectivity index (χ0v) is 11.2. The van der Waals surface area contributed by atoms with Gasteiger partial charge in [-0.05, 0) is 25.7 Å². The molecule has 0 fully saturated rings. The number of thioether (sulfide) groups is 1. The van der Waals surface area contributed by atoms with Crippen LogP contribution in [-0.4, -0.2) is 23.0 Å². The smallest absolute Gasteiger partial charge is 0.272 e. The summed E-state index contributed by atoms with van der Waals surface area (Å²) in [6, 6.07) is 5.62. The van der Waals surface area contributed by atoms with Gasteiger partial charge in [-0.15, -0.1) is 0 Å². The first kappa shape index (κ1) is 14.0. The lowest BCUT2D eigenvalue weighted by molar-refractivity contribution is -0.385. The molecule has 0 saturated heterocycles. The minimum Gasteiger partial charge on any atom is -0.309 e. The van der Waals surface area contributed by atoms with Gasteiger partial charge in [0.2, 0.25) is 0 Å². The van der Waals surface area contributed by atoms with Crippen molar-refractivity contribution < 1.29 is 4.92 Å². The number of rotatable bonds is 6. The Morgan fingerprint density at radius 3 is 2.82 bits per heavy atom. The molecule has 4 nitrogen and oxygen atoms in total. The van der Waals surface area contributed by atoms with Gasteiger partial charge in [0.05, 0.1) is 4.92 Å². The molecule has 1 aromatic rings. The normalized spacial score (nSPS) is 12.4. The molecule has 1 aromatic carbocycles. The Balaban J connectivity index is 2.72. The Kier molecular flexibility index (Phi) is 5.44. The fourth-order valence-electron chi connectivity index (χ4n) is 1.65. The highest BCUT2D eigenvalue weighted by atomic mass is 32.2. The molecule has 1 unspecified atom stereocenters. The van der Waals surface area contributed by atoms with Crippen LogP contribution in [0.15, 0.2) is 18.2 Å². The van der Waals surface area contributed by atoms with Crippen molar-refractivity contribution in [1.29, 1.82) is 0 Å². The van der Waals surface area contributed by atoms with Gasteiger partial charge in [-0.2, -0.15) is 11.8 Å². The largest absolute Gasteiger partial charge is 0.309 e. The molecule has 1 rings (SSSR count). The number of nitro groups is 1. The minimum absolute atomic E-state index is 0.196. The third kappa shape index (κ3) is 4.02. The molecule has 0 radical (unpaired) electrons. The van der Waals surface area contributed by atoms with Crippen LogP contribution in [0.5, 0.6) is 0 Å². The van der Waals surface area contributed by atoms with Gasteiger partial charge in [-0.25, -0.2) is 0 Å². The van der Waals surface area contributed by atoms with Crippen LogP contribution < -0.4 is 5.32 Å². The molecule has 0 heterocycles. The van der Waals surface area contributed by atoms with Gasteiger partial charge >= 0.3 is 0 Å². The quantitative estimate of drug-likeness (QED) is 0.626. The molecule has 0 amide bonds. The summed E-state index contributed by atoms with van der Waals surface area (Å²) in [6.07, 6.45) is 2.07. The number of nitrogens with zero attached hydrogens (tertiary/aromatic N) is 1. The lowest BCUT2D eigenvalue weighted by Gasteiger charge is -2.13. The fourth-order valence-corrected chi connectivity index (χ4v) is 2.27. The van der Waals surface area contributed by atoms with Crippen molar-refractivity contribution in [2.24, 2.45) is 0 Å². The van der Waals surface area contributed by atoms with E-state index in [0.717, 1.165) is 16.9 Å². The maximum atomic E-state index is 10.8. The zero-order chi connectivity index (χ0) is 12.8. The summed E-state index contributed by atoms with van der Waals surface area (Å²) in [7, 11) is 0. The summed E-state index contributed by atoms with van der Waals surface area (Å²) in [4.78, 5) is 10.5. The topological polar surface area (TPSA) is 55.2 Å². The van der Waals surface area contributed by atoms with Crippen LogP contribution in [0.3, 0.4) is 0 Å². The van der Waals surface area contributed by atoms with Crippen molar-refractivity contribution in [3.8, 4) is 0 Å². The van der Waals surface area contributed by atoms with Gasteiger partial charge in [-0.1, -0.05) is 12.1 Å². The Morgan fingerprint density at radius 1 is 1.53 bits per heavy atom. The monoisotopic (exact) mass is 254 g/mol. The molecular weight excluding hydrogens is 236 g/mol. The lowest BCUT2D eigenvalue weighted by Crippen LogP contribution is -2.27. The second-order valence-electron chi connectivity index (χ2n) is 4.06. The summed E-state index contributed by atoms with van der Waals surface area (Å²) in [5, 5.41) is 14.2. The first-order valence-corrected chi connectivity index (χ1v) is 6.90. The SMILES string of the molecule is CSCC(C)NCc1cccc([N+](=O)[O-])c1C. The van der Waals surface area contributed by atoms with Crippen molar-refractivity contribution in [2.75, 3.05) is 12.0 Å². The van der Waals surface area contributed by atoms with E-state index >= 15 is 0 Å². The van der Waals surface area contributed by atoms with E-state index in [-0.39, 0.29) is 10.6 Å². The van der Waals surface area contributed by atoms with E-state index in [4.69, 9.17) is 0 Å². The summed E-state index contributed by atoms with van der Waals surface area (Å²) in [5.74, 6) is 1.04. The van der Waals surface area contributed by atoms with Gasteiger partial charge in [-0.3, -0.25) is 10.1 Å². The number of hydrogen-bond acceptors (Lipinski definition) is 4.